The summed E-state index contributed by atoms with van der Waals surface area (Å²) >= 11 is 0. The molecule has 1 saturated carbocycles. The van der Waals surface area contributed by atoms with Crippen molar-refractivity contribution in [2.24, 2.45) is 5.92 Å². The van der Waals surface area contributed by atoms with Crippen LogP contribution in [-0.4, -0.2) is 27.5 Å². The third-order valence-electron chi connectivity index (χ3n) is 4.25. The van der Waals surface area contributed by atoms with Crippen LogP contribution in [0.2, 0.25) is 0 Å². The van der Waals surface area contributed by atoms with Gasteiger partial charge in [-0.2, -0.15) is 5.10 Å². The molecule has 3 rings (SSSR count). The van der Waals surface area contributed by atoms with Crippen molar-refractivity contribution >= 4 is 0 Å². The maximum atomic E-state index is 9.96. The molecule has 0 bridgehead atoms. The smallest absolute Gasteiger partial charge is 0.0766 e. The highest BCUT2D eigenvalue weighted by atomic mass is 16.3. The van der Waals surface area contributed by atoms with Gasteiger partial charge < -0.3 is 10.4 Å². The van der Waals surface area contributed by atoms with Gasteiger partial charge in [-0.1, -0.05) is 31.0 Å². The van der Waals surface area contributed by atoms with Gasteiger partial charge in [0.05, 0.1) is 17.5 Å². The van der Waals surface area contributed by atoms with Crippen molar-refractivity contribution in [2.75, 3.05) is 6.54 Å². The topological polar surface area (TPSA) is 50.1 Å². The van der Waals surface area contributed by atoms with E-state index in [-0.39, 0.29) is 6.10 Å². The Labute approximate surface area is 125 Å². The zero-order valence-corrected chi connectivity index (χ0v) is 12.3. The predicted molar refractivity (Wildman–Crippen MR) is 83.2 cm³/mol. The monoisotopic (exact) mass is 285 g/mol. The minimum absolute atomic E-state index is 0.131. The quantitative estimate of drug-likeness (QED) is 0.887. The van der Waals surface area contributed by atoms with Gasteiger partial charge >= 0.3 is 0 Å². The lowest BCUT2D eigenvalue weighted by Gasteiger charge is -2.27. The Morgan fingerprint density at radius 1 is 1.14 bits per heavy atom. The fourth-order valence-corrected chi connectivity index (χ4v) is 2.99. The fourth-order valence-electron chi connectivity index (χ4n) is 2.99. The molecule has 0 aliphatic heterocycles. The number of aliphatic hydroxyl groups is 1. The second-order valence-electron chi connectivity index (χ2n) is 5.83. The lowest BCUT2D eigenvalue weighted by Crippen LogP contribution is -2.33. The molecular formula is C17H23N3O. The highest BCUT2D eigenvalue weighted by Crippen LogP contribution is 2.23. The molecular weight excluding hydrogens is 262 g/mol. The van der Waals surface area contributed by atoms with Gasteiger partial charge in [0.2, 0.25) is 0 Å². The van der Waals surface area contributed by atoms with Gasteiger partial charge in [-0.05, 0) is 37.0 Å². The van der Waals surface area contributed by atoms with Crippen molar-refractivity contribution in [3.63, 3.8) is 0 Å². The van der Waals surface area contributed by atoms with E-state index in [1.807, 2.05) is 47.3 Å². The maximum absolute atomic E-state index is 9.96. The molecule has 1 aliphatic rings. The number of aromatic nitrogens is 2. The summed E-state index contributed by atoms with van der Waals surface area (Å²) in [7, 11) is 0. The van der Waals surface area contributed by atoms with E-state index in [1.54, 1.807) is 0 Å². The van der Waals surface area contributed by atoms with E-state index in [9.17, 15) is 5.11 Å². The van der Waals surface area contributed by atoms with E-state index in [4.69, 9.17) is 0 Å². The van der Waals surface area contributed by atoms with Gasteiger partial charge in [0.15, 0.2) is 0 Å². The second-order valence-corrected chi connectivity index (χ2v) is 5.83. The van der Waals surface area contributed by atoms with E-state index in [0.717, 1.165) is 37.3 Å². The summed E-state index contributed by atoms with van der Waals surface area (Å²) in [5.41, 5.74) is 2.11. The Morgan fingerprint density at radius 3 is 2.76 bits per heavy atom. The van der Waals surface area contributed by atoms with E-state index in [0.29, 0.717) is 5.92 Å². The molecule has 0 radical (unpaired) electrons. The molecule has 2 aromatic rings. The number of rotatable bonds is 5. The van der Waals surface area contributed by atoms with Gasteiger partial charge in [-0.3, -0.25) is 0 Å². The van der Waals surface area contributed by atoms with Crippen LogP contribution < -0.4 is 5.32 Å². The van der Waals surface area contributed by atoms with Gasteiger partial charge in [0.25, 0.3) is 0 Å². The van der Waals surface area contributed by atoms with Crippen LogP contribution in [0.3, 0.4) is 0 Å². The number of hydrogen-bond donors (Lipinski definition) is 2. The number of benzene rings is 1. The average Bonchev–Trinajstić information content (AvgIpc) is 2.99. The van der Waals surface area contributed by atoms with Crippen molar-refractivity contribution in [2.45, 2.75) is 38.3 Å². The Balaban J connectivity index is 1.51. The van der Waals surface area contributed by atoms with E-state index in [2.05, 4.69) is 10.4 Å². The van der Waals surface area contributed by atoms with Crippen molar-refractivity contribution in [1.29, 1.82) is 0 Å². The molecule has 0 saturated heterocycles. The molecule has 1 aliphatic carbocycles. The Hall–Kier alpha value is -1.65. The molecule has 1 heterocycles. The number of nitrogens with zero attached hydrogens (tertiary/aromatic N) is 2. The van der Waals surface area contributed by atoms with Crippen LogP contribution in [0.15, 0.2) is 42.6 Å². The molecule has 1 fully saturated rings. The molecule has 112 valence electrons. The Kier molecular flexibility index (Phi) is 4.68. The fraction of sp³-hybridized carbons (Fsp3) is 0.471. The molecule has 2 N–H and O–H groups in total. The van der Waals surface area contributed by atoms with Crippen LogP contribution in [0.25, 0.3) is 5.69 Å². The van der Waals surface area contributed by atoms with Crippen LogP contribution in [0, 0.1) is 5.92 Å². The summed E-state index contributed by atoms with van der Waals surface area (Å²) in [5, 5.41) is 18.0. The Morgan fingerprint density at radius 2 is 1.95 bits per heavy atom. The first-order valence-corrected chi connectivity index (χ1v) is 7.82. The third-order valence-corrected chi connectivity index (χ3v) is 4.25. The molecule has 4 heteroatoms. The van der Waals surface area contributed by atoms with Crippen molar-refractivity contribution in [3.05, 3.63) is 48.3 Å². The Bertz CT molecular complexity index is 552. The normalized spacial score (nSPS) is 22.3. The number of para-hydroxylation sites is 1. The summed E-state index contributed by atoms with van der Waals surface area (Å²) in [6, 6.07) is 12.2. The van der Waals surface area contributed by atoms with Crippen LogP contribution >= 0.6 is 0 Å². The number of nitrogens with one attached hydrogen (secondary N) is 1. The molecule has 1 aromatic heterocycles. The van der Waals surface area contributed by atoms with E-state index >= 15 is 0 Å². The van der Waals surface area contributed by atoms with E-state index in [1.165, 1.54) is 12.8 Å². The summed E-state index contributed by atoms with van der Waals surface area (Å²) in [4.78, 5) is 0. The molecule has 0 amide bonds. The lowest BCUT2D eigenvalue weighted by molar-refractivity contribution is 0.0694. The van der Waals surface area contributed by atoms with Crippen LogP contribution in [-0.2, 0) is 6.54 Å². The SMILES string of the molecule is OC1CCCCC1CNCc1ccn(-c2ccccc2)n1. The first-order valence-electron chi connectivity index (χ1n) is 7.82. The van der Waals surface area contributed by atoms with Gasteiger partial charge in [-0.15, -0.1) is 0 Å². The van der Waals surface area contributed by atoms with Crippen molar-refractivity contribution in [1.82, 2.24) is 15.1 Å². The first kappa shape index (κ1) is 14.3. The highest BCUT2D eigenvalue weighted by Gasteiger charge is 2.22. The van der Waals surface area contributed by atoms with Gasteiger partial charge in [-0.25, -0.2) is 4.68 Å². The summed E-state index contributed by atoms with van der Waals surface area (Å²) in [6.07, 6.45) is 6.35. The minimum Gasteiger partial charge on any atom is -0.393 e. The van der Waals surface area contributed by atoms with Crippen molar-refractivity contribution in [3.8, 4) is 5.69 Å². The number of hydrogen-bond acceptors (Lipinski definition) is 3. The van der Waals surface area contributed by atoms with E-state index < -0.39 is 0 Å². The van der Waals surface area contributed by atoms with Crippen molar-refractivity contribution < 1.29 is 5.11 Å². The van der Waals surface area contributed by atoms with Crippen LogP contribution in [0.4, 0.5) is 0 Å². The second kappa shape index (κ2) is 6.87. The summed E-state index contributed by atoms with van der Waals surface area (Å²) in [6.45, 7) is 1.63. The summed E-state index contributed by atoms with van der Waals surface area (Å²) in [5.74, 6) is 0.398. The molecule has 2 unspecified atom stereocenters. The van der Waals surface area contributed by atoms with Crippen LogP contribution in [0.5, 0.6) is 0 Å². The van der Waals surface area contributed by atoms with Gasteiger partial charge in [0.1, 0.15) is 0 Å². The lowest BCUT2D eigenvalue weighted by atomic mass is 9.86. The molecule has 0 spiro atoms. The average molecular weight is 285 g/mol. The van der Waals surface area contributed by atoms with Crippen LogP contribution in [0.1, 0.15) is 31.4 Å². The zero-order chi connectivity index (χ0) is 14.5. The molecule has 1 aromatic carbocycles. The molecule has 4 nitrogen and oxygen atoms in total. The standard InChI is InChI=1S/C17H23N3O/c21-17-9-5-4-6-14(17)12-18-13-15-10-11-20(19-15)16-7-2-1-3-8-16/h1-3,7-8,10-11,14,17-18,21H,4-6,9,12-13H2. The minimum atomic E-state index is -0.131. The zero-order valence-electron chi connectivity index (χ0n) is 12.3. The third kappa shape index (κ3) is 3.71. The summed E-state index contributed by atoms with van der Waals surface area (Å²) < 4.78 is 1.90. The largest absolute Gasteiger partial charge is 0.393 e. The van der Waals surface area contributed by atoms with Gasteiger partial charge in [0, 0.05) is 19.3 Å². The molecule has 21 heavy (non-hydrogen) atoms. The maximum Gasteiger partial charge on any atom is 0.0766 e. The molecule has 2 atom stereocenters. The first-order chi connectivity index (χ1) is 10.3. The highest BCUT2D eigenvalue weighted by molar-refractivity contribution is 5.30. The predicted octanol–water partition coefficient (Wildman–Crippen LogP) is 2.51. The number of aliphatic hydroxyl groups excluding tert-OH is 1.